The van der Waals surface area contributed by atoms with Crippen LogP contribution in [0.3, 0.4) is 0 Å². The lowest BCUT2D eigenvalue weighted by Gasteiger charge is -2.07. The Hall–Kier alpha value is -2.34. The zero-order valence-electron chi connectivity index (χ0n) is 13.0. The first-order valence-electron chi connectivity index (χ1n) is 7.48. The fourth-order valence-electron chi connectivity index (χ4n) is 1.89. The van der Waals surface area contributed by atoms with Gasteiger partial charge in [0.2, 0.25) is 0 Å². The van der Waals surface area contributed by atoms with Crippen molar-refractivity contribution in [2.75, 3.05) is 18.9 Å². The molecule has 0 atom stereocenters. The molecule has 2 aromatic carbocycles. The summed E-state index contributed by atoms with van der Waals surface area (Å²) in [5, 5.41) is 2.69. The average molecular weight is 347 g/mol. The average Bonchev–Trinajstić information content (AvgIpc) is 2.60. The van der Waals surface area contributed by atoms with Crippen molar-refractivity contribution >= 4 is 23.6 Å². The van der Waals surface area contributed by atoms with Gasteiger partial charge in [0, 0.05) is 17.2 Å². The van der Waals surface area contributed by atoms with Crippen LogP contribution in [0.15, 0.2) is 59.5 Å². The van der Waals surface area contributed by atoms with Crippen molar-refractivity contribution in [3.05, 3.63) is 66.0 Å². The van der Waals surface area contributed by atoms with E-state index in [9.17, 15) is 14.0 Å². The fourth-order valence-corrected chi connectivity index (χ4v) is 2.68. The highest BCUT2D eigenvalue weighted by Gasteiger charge is 2.08. The summed E-state index contributed by atoms with van der Waals surface area (Å²) in [5.74, 6) is -0.481. The molecule has 1 amide bonds. The van der Waals surface area contributed by atoms with Gasteiger partial charge >= 0.3 is 5.97 Å². The predicted molar refractivity (Wildman–Crippen MR) is 91.2 cm³/mol. The standard InChI is InChI=1S/C18H18FNO3S/c19-15-8-6-14(7-9-15)12-18(22)23-13-17(21)20-10-11-24-16-4-2-1-3-5-16/h1-9H,10-13H2,(H,20,21). The van der Waals surface area contributed by atoms with Gasteiger partial charge in [0.25, 0.3) is 5.91 Å². The van der Waals surface area contributed by atoms with Gasteiger partial charge in [-0.25, -0.2) is 4.39 Å². The van der Waals surface area contributed by atoms with Crippen molar-refractivity contribution in [3.63, 3.8) is 0 Å². The number of halogens is 1. The summed E-state index contributed by atoms with van der Waals surface area (Å²) in [6.45, 7) is 0.184. The van der Waals surface area contributed by atoms with Crippen molar-refractivity contribution in [3.8, 4) is 0 Å². The number of hydrogen-bond acceptors (Lipinski definition) is 4. The topological polar surface area (TPSA) is 55.4 Å². The molecule has 126 valence electrons. The van der Waals surface area contributed by atoms with E-state index in [1.165, 1.54) is 24.3 Å². The summed E-state index contributed by atoms with van der Waals surface area (Å²) in [6.07, 6.45) is 0.0113. The van der Waals surface area contributed by atoms with Crippen LogP contribution >= 0.6 is 11.8 Å². The second-order valence-electron chi connectivity index (χ2n) is 4.98. The first-order valence-corrected chi connectivity index (χ1v) is 8.46. The molecular weight excluding hydrogens is 329 g/mol. The number of ether oxygens (including phenoxy) is 1. The van der Waals surface area contributed by atoms with E-state index >= 15 is 0 Å². The number of nitrogens with one attached hydrogen (secondary N) is 1. The number of esters is 1. The van der Waals surface area contributed by atoms with Crippen molar-refractivity contribution in [1.29, 1.82) is 0 Å². The lowest BCUT2D eigenvalue weighted by Crippen LogP contribution is -2.30. The quantitative estimate of drug-likeness (QED) is 0.453. The molecule has 6 heteroatoms. The lowest BCUT2D eigenvalue weighted by atomic mass is 10.1. The monoisotopic (exact) mass is 347 g/mol. The fraction of sp³-hybridized carbons (Fsp3) is 0.222. The largest absolute Gasteiger partial charge is 0.455 e. The minimum atomic E-state index is -0.518. The first kappa shape index (κ1) is 18.0. The molecule has 0 spiro atoms. The summed E-state index contributed by atoms with van der Waals surface area (Å²) >= 11 is 1.64. The molecule has 0 aliphatic heterocycles. The van der Waals surface area contributed by atoms with E-state index < -0.39 is 5.97 Å². The zero-order valence-corrected chi connectivity index (χ0v) is 13.9. The van der Waals surface area contributed by atoms with E-state index in [1.54, 1.807) is 11.8 Å². The van der Waals surface area contributed by atoms with Gasteiger partial charge in [-0.3, -0.25) is 9.59 Å². The molecule has 0 saturated heterocycles. The van der Waals surface area contributed by atoms with Crippen molar-refractivity contribution < 1.29 is 18.7 Å². The van der Waals surface area contributed by atoms with E-state index in [1.807, 2.05) is 30.3 Å². The SMILES string of the molecule is O=C(COC(=O)Cc1ccc(F)cc1)NCCSc1ccccc1. The van der Waals surface area contributed by atoms with Crippen molar-refractivity contribution in [1.82, 2.24) is 5.32 Å². The Bertz CT molecular complexity index is 662. The Morgan fingerprint density at radius 1 is 1.04 bits per heavy atom. The lowest BCUT2D eigenvalue weighted by molar-refractivity contribution is -0.147. The van der Waals surface area contributed by atoms with Crippen LogP contribution in [-0.2, 0) is 20.7 Å². The minimum absolute atomic E-state index is 0.0113. The van der Waals surface area contributed by atoms with Crippen LogP contribution in [0, 0.1) is 5.82 Å². The van der Waals surface area contributed by atoms with Crippen molar-refractivity contribution in [2.24, 2.45) is 0 Å². The number of carbonyl (C=O) groups excluding carboxylic acids is 2. The van der Waals surface area contributed by atoms with Gasteiger partial charge in [0.15, 0.2) is 6.61 Å². The van der Waals surface area contributed by atoms with E-state index in [-0.39, 0.29) is 24.8 Å². The van der Waals surface area contributed by atoms with E-state index in [0.29, 0.717) is 12.1 Å². The van der Waals surface area contributed by atoms with E-state index in [2.05, 4.69) is 5.32 Å². The maximum atomic E-state index is 12.8. The molecule has 0 heterocycles. The smallest absolute Gasteiger partial charge is 0.310 e. The molecule has 4 nitrogen and oxygen atoms in total. The molecule has 0 fully saturated rings. The zero-order chi connectivity index (χ0) is 17.2. The molecular formula is C18H18FNO3S. The molecule has 0 bridgehead atoms. The van der Waals surface area contributed by atoms with Crippen LogP contribution in [-0.4, -0.2) is 30.8 Å². The minimum Gasteiger partial charge on any atom is -0.455 e. The summed E-state index contributed by atoms with van der Waals surface area (Å²) in [7, 11) is 0. The molecule has 0 aromatic heterocycles. The number of rotatable bonds is 8. The molecule has 2 aromatic rings. The summed E-state index contributed by atoms with van der Waals surface area (Å²) in [6, 6.07) is 15.5. The van der Waals surface area contributed by atoms with Gasteiger partial charge in [-0.05, 0) is 29.8 Å². The van der Waals surface area contributed by atoms with Crippen LogP contribution in [0.1, 0.15) is 5.56 Å². The normalized spacial score (nSPS) is 10.2. The summed E-state index contributed by atoms with van der Waals surface area (Å²) in [5.41, 5.74) is 0.640. The van der Waals surface area contributed by atoms with Crippen LogP contribution < -0.4 is 5.32 Å². The van der Waals surface area contributed by atoms with Crippen LogP contribution in [0.4, 0.5) is 4.39 Å². The van der Waals surface area contributed by atoms with Crippen LogP contribution in [0.5, 0.6) is 0 Å². The van der Waals surface area contributed by atoms with Gasteiger partial charge < -0.3 is 10.1 Å². The predicted octanol–water partition coefficient (Wildman–Crippen LogP) is 2.82. The Kier molecular flexibility index (Phi) is 7.29. The third kappa shape index (κ3) is 6.83. The number of amides is 1. The van der Waals surface area contributed by atoms with Gasteiger partial charge in [-0.2, -0.15) is 0 Å². The van der Waals surface area contributed by atoms with E-state index in [0.717, 1.165) is 10.6 Å². The molecule has 0 radical (unpaired) electrons. The highest BCUT2D eigenvalue weighted by Crippen LogP contribution is 2.15. The Labute approximate surface area is 144 Å². The summed E-state index contributed by atoms with van der Waals surface area (Å²) < 4.78 is 17.7. The molecule has 0 unspecified atom stereocenters. The van der Waals surface area contributed by atoms with Crippen molar-refractivity contribution in [2.45, 2.75) is 11.3 Å². The second kappa shape index (κ2) is 9.72. The van der Waals surface area contributed by atoms with Gasteiger partial charge in [-0.1, -0.05) is 30.3 Å². The number of carbonyl (C=O) groups is 2. The first-order chi connectivity index (χ1) is 11.6. The van der Waals surface area contributed by atoms with Gasteiger partial charge in [0.05, 0.1) is 6.42 Å². The molecule has 0 saturated carbocycles. The molecule has 0 aliphatic carbocycles. The Morgan fingerprint density at radius 2 is 1.75 bits per heavy atom. The molecule has 2 rings (SSSR count). The molecule has 24 heavy (non-hydrogen) atoms. The van der Waals surface area contributed by atoms with Crippen LogP contribution in [0.25, 0.3) is 0 Å². The number of benzene rings is 2. The van der Waals surface area contributed by atoms with Crippen LogP contribution in [0.2, 0.25) is 0 Å². The Morgan fingerprint density at radius 3 is 2.46 bits per heavy atom. The molecule has 1 N–H and O–H groups in total. The second-order valence-corrected chi connectivity index (χ2v) is 6.14. The highest BCUT2D eigenvalue weighted by atomic mass is 32.2. The number of hydrogen-bond donors (Lipinski definition) is 1. The Balaban J connectivity index is 1.58. The molecule has 0 aliphatic rings. The maximum Gasteiger partial charge on any atom is 0.310 e. The summed E-state index contributed by atoms with van der Waals surface area (Å²) in [4.78, 5) is 24.4. The van der Waals surface area contributed by atoms with Gasteiger partial charge in [0.1, 0.15) is 5.82 Å². The third-order valence-electron chi connectivity index (χ3n) is 3.06. The van der Waals surface area contributed by atoms with E-state index in [4.69, 9.17) is 4.74 Å². The van der Waals surface area contributed by atoms with Gasteiger partial charge in [-0.15, -0.1) is 11.8 Å². The maximum absolute atomic E-state index is 12.8. The number of thioether (sulfide) groups is 1. The third-order valence-corrected chi connectivity index (χ3v) is 4.08. The highest BCUT2D eigenvalue weighted by molar-refractivity contribution is 7.99.